The van der Waals surface area contributed by atoms with Crippen LogP contribution in [0.3, 0.4) is 0 Å². The van der Waals surface area contributed by atoms with Gasteiger partial charge in [0.15, 0.2) is 11.6 Å². The van der Waals surface area contributed by atoms with Crippen molar-refractivity contribution >= 4 is 27.1 Å². The molecule has 2 aromatic rings. The van der Waals surface area contributed by atoms with Crippen LogP contribution in [0, 0.1) is 18.6 Å². The number of hydrogen-bond donors (Lipinski definition) is 2. The molecule has 0 bridgehead atoms. The third kappa shape index (κ3) is 3.58. The van der Waals surface area contributed by atoms with Crippen molar-refractivity contribution in [3.8, 4) is 11.5 Å². The van der Waals surface area contributed by atoms with E-state index in [1.165, 1.54) is 25.3 Å². The van der Waals surface area contributed by atoms with Crippen molar-refractivity contribution in [3.63, 3.8) is 0 Å². The fraction of sp³-hybridized carbons (Fsp3) is 0.333. The smallest absolute Gasteiger partial charge is 0.238 e. The Morgan fingerprint density at radius 2 is 1.97 bits per heavy atom. The summed E-state index contributed by atoms with van der Waals surface area (Å²) in [5, 5.41) is 2.69. The monoisotopic (exact) mass is 436 g/mol. The normalized spacial score (nSPS) is 18.7. The van der Waals surface area contributed by atoms with E-state index in [1.807, 2.05) is 0 Å². The summed E-state index contributed by atoms with van der Waals surface area (Å²) in [5.74, 6) is -1.55. The first-order valence-electron chi connectivity index (χ1n) is 9.50. The molecule has 0 radical (unpaired) electrons. The number of anilines is 3. The molecule has 0 aromatic heterocycles. The highest BCUT2D eigenvalue weighted by Crippen LogP contribution is 2.50. The Balaban J connectivity index is 1.88. The van der Waals surface area contributed by atoms with Gasteiger partial charge >= 0.3 is 0 Å². The van der Waals surface area contributed by atoms with E-state index in [0.29, 0.717) is 24.8 Å². The van der Waals surface area contributed by atoms with Gasteiger partial charge in [-0.2, -0.15) is 0 Å². The molecule has 9 heteroatoms. The maximum absolute atomic E-state index is 15.2. The zero-order chi connectivity index (χ0) is 21.5. The molecule has 1 heterocycles. The van der Waals surface area contributed by atoms with E-state index in [9.17, 15) is 12.8 Å². The Labute approximate surface area is 173 Å². The first-order valence-corrected chi connectivity index (χ1v) is 11.0. The van der Waals surface area contributed by atoms with Gasteiger partial charge in [0.2, 0.25) is 10.0 Å². The van der Waals surface area contributed by atoms with Crippen molar-refractivity contribution in [1.29, 1.82) is 0 Å². The van der Waals surface area contributed by atoms with Gasteiger partial charge in [-0.15, -0.1) is 0 Å². The molecule has 0 saturated heterocycles. The van der Waals surface area contributed by atoms with E-state index in [2.05, 4.69) is 10.0 Å². The minimum absolute atomic E-state index is 0.00715. The fourth-order valence-electron chi connectivity index (χ4n) is 3.42. The largest absolute Gasteiger partial charge is 0.493 e. The Morgan fingerprint density at radius 1 is 1.20 bits per heavy atom. The fourth-order valence-corrected chi connectivity index (χ4v) is 5.06. The molecule has 30 heavy (non-hydrogen) atoms. The summed E-state index contributed by atoms with van der Waals surface area (Å²) in [6, 6.07) is 5.69. The van der Waals surface area contributed by atoms with Crippen LogP contribution in [-0.4, -0.2) is 26.9 Å². The van der Waals surface area contributed by atoms with E-state index in [0.717, 1.165) is 0 Å². The number of sulfonamides is 1. The molecule has 2 aromatic carbocycles. The maximum atomic E-state index is 15.2. The van der Waals surface area contributed by atoms with E-state index in [4.69, 9.17) is 9.47 Å². The van der Waals surface area contributed by atoms with E-state index < -0.39 is 26.4 Å². The van der Waals surface area contributed by atoms with Crippen LogP contribution in [-0.2, 0) is 10.0 Å². The minimum Gasteiger partial charge on any atom is -0.493 e. The number of allylic oxidation sites excluding steroid dienone is 1. The van der Waals surface area contributed by atoms with Crippen LogP contribution in [0.5, 0.6) is 11.5 Å². The SMILES string of the molecule is COc1cc2c(c(Nc3ccc(C)cc3F)c1F)NS(=O)(=O)C1(CC=CCO2)CC1. The first kappa shape index (κ1) is 20.5. The van der Waals surface area contributed by atoms with E-state index in [-0.39, 0.29) is 35.2 Å². The average molecular weight is 436 g/mol. The summed E-state index contributed by atoms with van der Waals surface area (Å²) in [4.78, 5) is 0. The lowest BCUT2D eigenvalue weighted by molar-refractivity contribution is 0.352. The molecule has 0 atom stereocenters. The average Bonchev–Trinajstić information content (AvgIpc) is 3.48. The standard InChI is InChI=1S/C21H22F2N2O4S/c1-13-5-6-15(14(22)11-13)24-20-18(23)16(28-2)12-17-19(20)25-30(26,27)21(8-9-21)7-3-4-10-29-17/h3-6,11-12,24-25H,7-10H2,1-2H3. The van der Waals surface area contributed by atoms with Gasteiger partial charge < -0.3 is 14.8 Å². The maximum Gasteiger partial charge on any atom is 0.238 e. The van der Waals surface area contributed by atoms with E-state index >= 15 is 4.39 Å². The molecular weight excluding hydrogens is 414 g/mol. The number of aryl methyl sites for hydroxylation is 1. The summed E-state index contributed by atoms with van der Waals surface area (Å²) in [5.41, 5.74) is 0.303. The van der Waals surface area contributed by atoms with Crippen LogP contribution >= 0.6 is 0 Å². The van der Waals surface area contributed by atoms with Gasteiger partial charge in [0, 0.05) is 6.07 Å². The number of halogens is 2. The second-order valence-electron chi connectivity index (χ2n) is 7.52. The molecule has 0 unspecified atom stereocenters. The quantitative estimate of drug-likeness (QED) is 0.686. The Morgan fingerprint density at radius 3 is 2.63 bits per heavy atom. The molecule has 2 N–H and O–H groups in total. The summed E-state index contributed by atoms with van der Waals surface area (Å²) < 4.78 is 68.2. The lowest BCUT2D eigenvalue weighted by Crippen LogP contribution is -2.30. The molecule has 1 spiro atoms. The molecule has 1 aliphatic heterocycles. The number of ether oxygens (including phenoxy) is 2. The number of nitrogens with one attached hydrogen (secondary N) is 2. The van der Waals surface area contributed by atoms with Crippen molar-refractivity contribution in [3.05, 3.63) is 53.6 Å². The second-order valence-corrected chi connectivity index (χ2v) is 9.60. The lowest BCUT2D eigenvalue weighted by Gasteiger charge is -2.23. The highest BCUT2D eigenvalue weighted by atomic mass is 32.2. The number of methoxy groups -OCH3 is 1. The van der Waals surface area contributed by atoms with Crippen molar-refractivity contribution in [2.24, 2.45) is 0 Å². The van der Waals surface area contributed by atoms with Crippen LogP contribution < -0.4 is 19.5 Å². The second kappa shape index (κ2) is 7.46. The summed E-state index contributed by atoms with van der Waals surface area (Å²) in [7, 11) is -2.57. The third-order valence-electron chi connectivity index (χ3n) is 5.40. The third-order valence-corrected chi connectivity index (χ3v) is 7.59. The molecule has 2 aliphatic rings. The van der Waals surface area contributed by atoms with Gasteiger partial charge in [-0.05, 0) is 43.9 Å². The van der Waals surface area contributed by atoms with Crippen LogP contribution in [0.15, 0.2) is 36.4 Å². The molecule has 4 rings (SSSR count). The Bertz CT molecular complexity index is 1130. The molecule has 0 amide bonds. The summed E-state index contributed by atoms with van der Waals surface area (Å²) in [6.07, 6.45) is 4.87. The van der Waals surface area contributed by atoms with Gasteiger partial charge in [0.1, 0.15) is 29.5 Å². The van der Waals surface area contributed by atoms with Crippen molar-refractivity contribution in [2.45, 2.75) is 30.9 Å². The van der Waals surface area contributed by atoms with Crippen LogP contribution in [0.4, 0.5) is 25.8 Å². The number of rotatable bonds is 3. The van der Waals surface area contributed by atoms with Gasteiger partial charge in [-0.1, -0.05) is 18.2 Å². The van der Waals surface area contributed by atoms with Gasteiger partial charge in [0.25, 0.3) is 0 Å². The molecule has 1 saturated carbocycles. The van der Waals surface area contributed by atoms with Crippen molar-refractivity contribution < 1.29 is 26.7 Å². The lowest BCUT2D eigenvalue weighted by atomic mass is 10.2. The van der Waals surface area contributed by atoms with Gasteiger partial charge in [-0.3, -0.25) is 4.72 Å². The zero-order valence-corrected chi connectivity index (χ0v) is 17.4. The van der Waals surface area contributed by atoms with Gasteiger partial charge in [-0.25, -0.2) is 17.2 Å². The predicted octanol–water partition coefficient (Wildman–Crippen LogP) is 4.64. The highest BCUT2D eigenvalue weighted by Gasteiger charge is 2.54. The molecule has 1 fully saturated rings. The number of hydrogen-bond acceptors (Lipinski definition) is 5. The first-order chi connectivity index (χ1) is 14.3. The topological polar surface area (TPSA) is 76.7 Å². The number of benzene rings is 2. The van der Waals surface area contributed by atoms with E-state index in [1.54, 1.807) is 25.1 Å². The van der Waals surface area contributed by atoms with Gasteiger partial charge in [0.05, 0.1) is 17.5 Å². The predicted molar refractivity (Wildman–Crippen MR) is 111 cm³/mol. The Kier molecular flexibility index (Phi) is 5.09. The van der Waals surface area contributed by atoms with Crippen LogP contribution in [0.25, 0.3) is 0 Å². The molecular formula is C21H22F2N2O4S. The summed E-state index contributed by atoms with van der Waals surface area (Å²) >= 11 is 0. The van der Waals surface area contributed by atoms with Crippen molar-refractivity contribution in [1.82, 2.24) is 0 Å². The molecule has 160 valence electrons. The summed E-state index contributed by atoms with van der Waals surface area (Å²) in [6.45, 7) is 1.89. The Hall–Kier alpha value is -2.81. The van der Waals surface area contributed by atoms with Crippen LogP contribution in [0.1, 0.15) is 24.8 Å². The molecule has 1 aliphatic carbocycles. The zero-order valence-electron chi connectivity index (χ0n) is 16.6. The van der Waals surface area contributed by atoms with Crippen molar-refractivity contribution in [2.75, 3.05) is 23.8 Å². The minimum atomic E-state index is -3.85. The molecule has 6 nitrogen and oxygen atoms in total. The highest BCUT2D eigenvalue weighted by molar-refractivity contribution is 7.94. The number of fused-ring (bicyclic) bond motifs is 1. The van der Waals surface area contributed by atoms with Crippen LogP contribution in [0.2, 0.25) is 0 Å².